The molecule has 1 saturated heterocycles. The summed E-state index contributed by atoms with van der Waals surface area (Å²) in [4.78, 5) is 4.67. The van der Waals surface area contributed by atoms with Gasteiger partial charge >= 0.3 is 0 Å². The van der Waals surface area contributed by atoms with E-state index in [1.807, 2.05) is 36.3 Å². The molecule has 30 heavy (non-hydrogen) atoms. The molecular formula is C21H24N6O3. The first-order valence-electron chi connectivity index (χ1n) is 10.5. The highest BCUT2D eigenvalue weighted by molar-refractivity contribution is 5.69. The quantitative estimate of drug-likeness (QED) is 0.619. The summed E-state index contributed by atoms with van der Waals surface area (Å²) in [7, 11) is 1.91. The molecule has 0 bridgehead atoms. The summed E-state index contributed by atoms with van der Waals surface area (Å²) in [6.07, 6.45) is 9.99. The standard InChI is InChI=1S/C21H24N6O3/c1-26-17(4-7-23-26)14-8-18(30-15-2-3-15)20(22-9-14)16-10-27(25-24-16)11-19-28-12-21(5-6-21)13-29-19/h4,7-10,15,19H,2-3,5-6,11-13H2,1H3. The van der Waals surface area contributed by atoms with Gasteiger partial charge in [-0.2, -0.15) is 5.10 Å². The first-order chi connectivity index (χ1) is 14.7. The molecule has 0 radical (unpaired) electrons. The van der Waals surface area contributed by atoms with Crippen molar-refractivity contribution in [1.29, 1.82) is 0 Å². The van der Waals surface area contributed by atoms with Gasteiger partial charge in [-0.3, -0.25) is 4.68 Å². The monoisotopic (exact) mass is 408 g/mol. The molecule has 1 spiro atoms. The molecule has 6 rings (SSSR count). The van der Waals surface area contributed by atoms with E-state index in [2.05, 4.69) is 20.4 Å². The van der Waals surface area contributed by atoms with Crippen LogP contribution in [-0.4, -0.2) is 55.4 Å². The molecule has 0 atom stereocenters. The van der Waals surface area contributed by atoms with Gasteiger partial charge in [0.2, 0.25) is 0 Å². The highest BCUT2D eigenvalue weighted by Gasteiger charge is 2.47. The minimum Gasteiger partial charge on any atom is -0.488 e. The maximum atomic E-state index is 6.16. The second-order valence-corrected chi connectivity index (χ2v) is 8.61. The molecular weight excluding hydrogens is 384 g/mol. The van der Waals surface area contributed by atoms with E-state index in [0.717, 1.165) is 43.1 Å². The van der Waals surface area contributed by atoms with Crippen molar-refractivity contribution in [3.05, 3.63) is 30.7 Å². The first-order valence-corrected chi connectivity index (χ1v) is 10.5. The van der Waals surface area contributed by atoms with Crippen LogP contribution in [-0.2, 0) is 23.1 Å². The largest absolute Gasteiger partial charge is 0.488 e. The molecule has 4 heterocycles. The Hall–Kier alpha value is -2.78. The SMILES string of the molecule is Cn1nccc1-c1cnc(-c2cn(CC3OCC4(CC4)CO3)nn2)c(OC2CC2)c1. The van der Waals surface area contributed by atoms with Gasteiger partial charge in [0.05, 0.1) is 37.8 Å². The number of ether oxygens (including phenoxy) is 3. The van der Waals surface area contributed by atoms with E-state index in [-0.39, 0.29) is 12.4 Å². The van der Waals surface area contributed by atoms with Crippen LogP contribution in [0.25, 0.3) is 22.6 Å². The molecule has 2 aliphatic carbocycles. The Kier molecular flexibility index (Phi) is 4.14. The average Bonchev–Trinajstić information content (AvgIpc) is 3.63. The predicted molar refractivity (Wildman–Crippen MR) is 106 cm³/mol. The molecule has 9 nitrogen and oxygen atoms in total. The minimum absolute atomic E-state index is 0.251. The van der Waals surface area contributed by atoms with Gasteiger partial charge in [0.1, 0.15) is 17.1 Å². The van der Waals surface area contributed by atoms with Crippen molar-refractivity contribution in [3.8, 4) is 28.4 Å². The van der Waals surface area contributed by atoms with Crippen molar-refractivity contribution in [2.45, 2.75) is 44.6 Å². The Bertz CT molecular complexity index is 1060. The Labute approximate surface area is 174 Å². The van der Waals surface area contributed by atoms with E-state index in [9.17, 15) is 0 Å². The second kappa shape index (κ2) is 6.88. The van der Waals surface area contributed by atoms with Crippen molar-refractivity contribution in [1.82, 2.24) is 29.8 Å². The number of hydrogen-bond acceptors (Lipinski definition) is 7. The number of nitrogens with zero attached hydrogens (tertiary/aromatic N) is 6. The van der Waals surface area contributed by atoms with Gasteiger partial charge in [0.25, 0.3) is 0 Å². The van der Waals surface area contributed by atoms with Crippen molar-refractivity contribution in [2.75, 3.05) is 13.2 Å². The van der Waals surface area contributed by atoms with Crippen LogP contribution in [0.1, 0.15) is 25.7 Å². The zero-order valence-corrected chi connectivity index (χ0v) is 16.9. The van der Waals surface area contributed by atoms with Crippen LogP contribution in [0.5, 0.6) is 5.75 Å². The Balaban J connectivity index is 1.24. The number of aryl methyl sites for hydroxylation is 1. The molecule has 0 amide bonds. The number of hydrogen-bond donors (Lipinski definition) is 0. The highest BCUT2D eigenvalue weighted by Crippen LogP contribution is 2.48. The highest BCUT2D eigenvalue weighted by atomic mass is 16.7. The fourth-order valence-electron chi connectivity index (χ4n) is 3.74. The van der Waals surface area contributed by atoms with Crippen molar-refractivity contribution in [2.24, 2.45) is 12.5 Å². The smallest absolute Gasteiger partial charge is 0.177 e. The molecule has 0 N–H and O–H groups in total. The molecule has 156 valence electrons. The lowest BCUT2D eigenvalue weighted by Crippen LogP contribution is -2.36. The van der Waals surface area contributed by atoms with E-state index in [1.165, 1.54) is 12.8 Å². The fourth-order valence-corrected chi connectivity index (χ4v) is 3.74. The summed E-state index contributed by atoms with van der Waals surface area (Å²) >= 11 is 0. The summed E-state index contributed by atoms with van der Waals surface area (Å²) in [5.41, 5.74) is 3.61. The summed E-state index contributed by atoms with van der Waals surface area (Å²) in [5.74, 6) is 0.726. The zero-order valence-electron chi connectivity index (χ0n) is 16.9. The van der Waals surface area contributed by atoms with Gasteiger partial charge in [0, 0.05) is 30.4 Å². The normalized spacial score (nSPS) is 20.6. The lowest BCUT2D eigenvalue weighted by Gasteiger charge is -2.29. The van der Waals surface area contributed by atoms with E-state index in [4.69, 9.17) is 14.2 Å². The number of rotatable bonds is 6. The molecule has 3 fully saturated rings. The lowest BCUT2D eigenvalue weighted by atomic mass is 10.1. The minimum atomic E-state index is -0.284. The molecule has 3 aromatic heterocycles. The summed E-state index contributed by atoms with van der Waals surface area (Å²) in [6.45, 7) is 2.06. The van der Waals surface area contributed by atoms with Gasteiger partial charge in [-0.15, -0.1) is 5.10 Å². The van der Waals surface area contributed by atoms with Gasteiger partial charge in [0.15, 0.2) is 6.29 Å². The third-order valence-electron chi connectivity index (χ3n) is 6.01. The van der Waals surface area contributed by atoms with Crippen LogP contribution in [0.4, 0.5) is 0 Å². The summed E-state index contributed by atoms with van der Waals surface area (Å²) in [6, 6.07) is 3.98. The van der Waals surface area contributed by atoms with Gasteiger partial charge in [-0.25, -0.2) is 9.67 Å². The third kappa shape index (κ3) is 3.48. The fraction of sp³-hybridized carbons (Fsp3) is 0.524. The third-order valence-corrected chi connectivity index (χ3v) is 6.01. The number of aromatic nitrogens is 6. The van der Waals surface area contributed by atoms with Crippen molar-refractivity contribution >= 4 is 0 Å². The van der Waals surface area contributed by atoms with Crippen LogP contribution in [0.2, 0.25) is 0 Å². The van der Waals surface area contributed by atoms with Crippen molar-refractivity contribution < 1.29 is 14.2 Å². The van der Waals surface area contributed by atoms with E-state index >= 15 is 0 Å². The molecule has 3 aromatic rings. The molecule has 2 saturated carbocycles. The number of pyridine rings is 1. The topological polar surface area (TPSA) is 89.1 Å². The Morgan fingerprint density at radius 3 is 2.77 bits per heavy atom. The Morgan fingerprint density at radius 1 is 1.23 bits per heavy atom. The molecule has 0 aromatic carbocycles. The van der Waals surface area contributed by atoms with Crippen LogP contribution < -0.4 is 4.74 Å². The summed E-state index contributed by atoms with van der Waals surface area (Å²) in [5, 5.41) is 12.8. The maximum Gasteiger partial charge on any atom is 0.177 e. The molecule has 1 aliphatic heterocycles. The van der Waals surface area contributed by atoms with Crippen LogP contribution in [0.3, 0.4) is 0 Å². The zero-order chi connectivity index (χ0) is 20.1. The maximum absolute atomic E-state index is 6.16. The Morgan fingerprint density at radius 2 is 2.07 bits per heavy atom. The van der Waals surface area contributed by atoms with Gasteiger partial charge < -0.3 is 14.2 Å². The van der Waals surface area contributed by atoms with Gasteiger partial charge in [-0.1, -0.05) is 5.21 Å². The molecule has 9 heteroatoms. The summed E-state index contributed by atoms with van der Waals surface area (Å²) < 4.78 is 21.5. The van der Waals surface area contributed by atoms with E-state index in [0.29, 0.717) is 23.3 Å². The molecule has 0 unspecified atom stereocenters. The van der Waals surface area contributed by atoms with E-state index in [1.54, 1.807) is 10.9 Å². The van der Waals surface area contributed by atoms with E-state index < -0.39 is 0 Å². The van der Waals surface area contributed by atoms with Crippen LogP contribution in [0, 0.1) is 5.41 Å². The lowest BCUT2D eigenvalue weighted by molar-refractivity contribution is -0.213. The average molecular weight is 408 g/mol. The second-order valence-electron chi connectivity index (χ2n) is 8.61. The van der Waals surface area contributed by atoms with Crippen LogP contribution in [0.15, 0.2) is 30.7 Å². The molecule has 3 aliphatic rings. The first kappa shape index (κ1) is 18.0. The van der Waals surface area contributed by atoms with Crippen molar-refractivity contribution in [3.63, 3.8) is 0 Å². The predicted octanol–water partition coefficient (Wildman–Crippen LogP) is 2.43. The van der Waals surface area contributed by atoms with Crippen LogP contribution >= 0.6 is 0 Å². The van der Waals surface area contributed by atoms with Gasteiger partial charge in [-0.05, 0) is 37.8 Å².